The molecule has 0 saturated carbocycles. The predicted octanol–water partition coefficient (Wildman–Crippen LogP) is 14.7. The second kappa shape index (κ2) is 22.4. The molecule has 0 bridgehead atoms. The first-order valence-corrected chi connectivity index (χ1v) is 28.2. The molecule has 0 aliphatic rings. The highest BCUT2D eigenvalue weighted by molar-refractivity contribution is 14.1. The van der Waals surface area contributed by atoms with Crippen molar-refractivity contribution in [1.29, 1.82) is 0 Å². The molecule has 0 amide bonds. The monoisotopic (exact) mass is 1140 g/mol. The average Bonchev–Trinajstić information content (AvgIpc) is 3.97. The smallest absolute Gasteiger partial charge is 0.435 e. The summed E-state index contributed by atoms with van der Waals surface area (Å²) in [5.41, 5.74) is 2.55. The third-order valence-corrected chi connectivity index (χ3v) is 16.4. The Bertz CT molecular complexity index is 3260. The van der Waals surface area contributed by atoms with Gasteiger partial charge in [-0.1, -0.05) is 87.5 Å². The van der Waals surface area contributed by atoms with Crippen LogP contribution in [0.1, 0.15) is 94.2 Å². The number of fused-ring (bicyclic) bond motifs is 3. The van der Waals surface area contributed by atoms with Crippen LogP contribution in [0.2, 0.25) is 18.1 Å². The first-order chi connectivity index (χ1) is 34.4. The van der Waals surface area contributed by atoms with Gasteiger partial charge >= 0.3 is 18.3 Å². The molecule has 2 N–H and O–H groups in total. The molecule has 5 aromatic carbocycles. The maximum Gasteiger partial charge on any atom is 0.435 e. The van der Waals surface area contributed by atoms with Crippen LogP contribution in [0.25, 0.3) is 44.1 Å². The molecule has 8 rings (SSSR count). The summed E-state index contributed by atoms with van der Waals surface area (Å²) in [6, 6.07) is 37.8. The topological polar surface area (TPSA) is 178 Å². The average molecular weight is 1140 g/mol. The standard InChI is InChI=1S/C34H39N3O6Si.C19H19IN2O3.C4H10O/c1-33(2,3)42-32(40)36-27-16-15-25(43-44(7,8)34(4,5)6)18-23(27)19-29(36)30-26-20-24(41-21-22-12-10-9-11-13-22)14-17-28(26)37(35-30)31(38)39;1-19(2,3)25-18(23)22-14-10-7-11-15(16(14)17(20)21-22)24-12-13-8-5-4-6-9-13;1-4(2,3)5/h9-20H,21H2,1-8H3,(H,38,39);4-11H,12H2,1-3H3;5H,1-3H3. The highest BCUT2D eigenvalue weighted by atomic mass is 127. The van der Waals surface area contributed by atoms with E-state index in [9.17, 15) is 19.5 Å². The zero-order valence-corrected chi connectivity index (χ0v) is 47.9. The molecule has 3 heterocycles. The van der Waals surface area contributed by atoms with Crippen LogP contribution in [0.15, 0.2) is 121 Å². The number of aliphatic hydroxyl groups is 1. The summed E-state index contributed by atoms with van der Waals surface area (Å²) < 4.78 is 34.2. The van der Waals surface area contributed by atoms with E-state index in [1.165, 1.54) is 9.25 Å². The van der Waals surface area contributed by atoms with Gasteiger partial charge in [0.15, 0.2) is 0 Å². The van der Waals surface area contributed by atoms with E-state index in [2.05, 4.69) is 66.7 Å². The van der Waals surface area contributed by atoms with Gasteiger partial charge in [-0.25, -0.2) is 19.0 Å². The van der Waals surface area contributed by atoms with Crippen molar-refractivity contribution in [3.63, 3.8) is 0 Å². The zero-order valence-electron chi connectivity index (χ0n) is 44.7. The molecule has 17 heteroatoms. The summed E-state index contributed by atoms with van der Waals surface area (Å²) in [6.45, 7) is 27.8. The number of carboxylic acid groups (broad SMARTS) is 1. The van der Waals surface area contributed by atoms with Crippen LogP contribution in [0.4, 0.5) is 14.4 Å². The Hall–Kier alpha value is -6.70. The fraction of sp³-hybridized carbons (Fsp3) is 0.351. The minimum atomic E-state index is -2.14. The van der Waals surface area contributed by atoms with Crippen molar-refractivity contribution in [2.45, 2.75) is 131 Å². The number of hydrogen-bond donors (Lipinski definition) is 2. The van der Waals surface area contributed by atoms with Gasteiger partial charge in [-0.2, -0.15) is 19.6 Å². The van der Waals surface area contributed by atoms with Gasteiger partial charge in [0.25, 0.3) is 0 Å². The summed E-state index contributed by atoms with van der Waals surface area (Å²) in [4.78, 5) is 38.4. The van der Waals surface area contributed by atoms with Crippen molar-refractivity contribution in [2.24, 2.45) is 0 Å². The van der Waals surface area contributed by atoms with Crippen LogP contribution in [0, 0.1) is 3.70 Å². The molecule has 15 nitrogen and oxygen atoms in total. The Morgan fingerprint density at radius 1 is 0.608 bits per heavy atom. The Labute approximate surface area is 447 Å². The number of halogens is 1. The minimum absolute atomic E-state index is 0.00155. The number of nitrogens with zero attached hydrogens (tertiary/aromatic N) is 5. The molecule has 0 atom stereocenters. The summed E-state index contributed by atoms with van der Waals surface area (Å²) in [5, 5.41) is 29.4. The molecule has 0 aliphatic heterocycles. The Morgan fingerprint density at radius 3 is 1.70 bits per heavy atom. The van der Waals surface area contributed by atoms with Gasteiger partial charge in [0, 0.05) is 10.8 Å². The number of hydrogen-bond acceptors (Lipinski definition) is 11. The van der Waals surface area contributed by atoms with E-state index in [4.69, 9.17) is 28.5 Å². The fourth-order valence-electron chi connectivity index (χ4n) is 7.04. The van der Waals surface area contributed by atoms with Gasteiger partial charge in [-0.3, -0.25) is 0 Å². The molecule has 0 spiro atoms. The van der Waals surface area contributed by atoms with Gasteiger partial charge in [0.1, 0.15) is 51.1 Å². The Kier molecular flexibility index (Phi) is 17.1. The number of ether oxygens (including phenoxy) is 4. The highest BCUT2D eigenvalue weighted by Crippen LogP contribution is 2.40. The number of carbonyl (C=O) groups is 3. The predicted molar refractivity (Wildman–Crippen MR) is 301 cm³/mol. The van der Waals surface area contributed by atoms with Crippen LogP contribution in [0.5, 0.6) is 17.2 Å². The van der Waals surface area contributed by atoms with E-state index in [0.29, 0.717) is 67.5 Å². The van der Waals surface area contributed by atoms with Gasteiger partial charge in [-0.05, 0) is 169 Å². The SMILES string of the molecule is CC(C)(C)O.CC(C)(C)OC(=O)n1c(-c2nn(C(=O)O)c3ccc(OCc4ccccc4)cc23)cc2cc(O[Si](C)(C)C(C)(C)C)ccc21.CC(C)(C)OC(=O)n1nc(I)c2c(OCc3ccccc3)cccc21. The molecule has 3 aromatic heterocycles. The highest BCUT2D eigenvalue weighted by Gasteiger charge is 2.39. The number of rotatable bonds is 9. The molecule has 8 aromatic rings. The van der Waals surface area contributed by atoms with Gasteiger partial charge < -0.3 is 33.6 Å². The van der Waals surface area contributed by atoms with Crippen molar-refractivity contribution in [2.75, 3.05) is 0 Å². The first-order valence-electron chi connectivity index (χ1n) is 24.2. The van der Waals surface area contributed by atoms with E-state index in [-0.39, 0.29) is 5.04 Å². The molecule has 0 fully saturated rings. The quantitative estimate of drug-likeness (QED) is 0.103. The van der Waals surface area contributed by atoms with Gasteiger partial charge in [-0.15, -0.1) is 0 Å². The summed E-state index contributed by atoms with van der Waals surface area (Å²) in [7, 11) is -2.14. The van der Waals surface area contributed by atoms with E-state index in [1.807, 2.05) is 124 Å². The summed E-state index contributed by atoms with van der Waals surface area (Å²) >= 11 is 2.11. The molecule has 0 radical (unpaired) electrons. The van der Waals surface area contributed by atoms with Crippen molar-refractivity contribution in [3.8, 4) is 28.6 Å². The molecular weight excluding hydrogens is 1070 g/mol. The minimum Gasteiger partial charge on any atom is -0.543 e. The second-order valence-corrected chi connectivity index (χ2v) is 27.9. The lowest BCUT2D eigenvalue weighted by Gasteiger charge is -2.36. The van der Waals surface area contributed by atoms with Crippen LogP contribution in [-0.2, 0) is 22.7 Å². The molecule has 0 aliphatic carbocycles. The van der Waals surface area contributed by atoms with E-state index in [0.717, 1.165) is 26.6 Å². The molecule has 0 unspecified atom stereocenters. The van der Waals surface area contributed by atoms with Crippen molar-refractivity contribution >= 4 is 81.9 Å². The maximum atomic E-state index is 13.7. The van der Waals surface area contributed by atoms with E-state index >= 15 is 0 Å². The van der Waals surface area contributed by atoms with Crippen molar-refractivity contribution in [3.05, 3.63) is 136 Å². The summed E-state index contributed by atoms with van der Waals surface area (Å²) in [6.07, 6.45) is -2.35. The number of aromatic nitrogens is 5. The largest absolute Gasteiger partial charge is 0.543 e. The third kappa shape index (κ3) is 14.7. The maximum absolute atomic E-state index is 13.7. The fourth-order valence-corrected chi connectivity index (χ4v) is 8.82. The molecular formula is C57H68IN5O10Si. The van der Waals surface area contributed by atoms with Crippen molar-refractivity contribution < 1.29 is 48.0 Å². The van der Waals surface area contributed by atoms with Crippen LogP contribution in [-0.4, -0.2) is 77.7 Å². The lowest BCUT2D eigenvalue weighted by Crippen LogP contribution is -2.43. The Balaban J connectivity index is 0.000000249. The Morgan fingerprint density at radius 2 is 1.15 bits per heavy atom. The van der Waals surface area contributed by atoms with Crippen LogP contribution >= 0.6 is 22.6 Å². The lowest BCUT2D eigenvalue weighted by molar-refractivity contribution is 0.0517. The van der Waals surface area contributed by atoms with E-state index in [1.54, 1.807) is 59.7 Å². The third-order valence-electron chi connectivity index (χ3n) is 11.3. The normalized spacial score (nSPS) is 12.1. The molecule has 392 valence electrons. The van der Waals surface area contributed by atoms with Gasteiger partial charge in [0.05, 0.1) is 33.2 Å². The van der Waals surface area contributed by atoms with Crippen LogP contribution in [0.3, 0.4) is 0 Å². The zero-order chi connectivity index (χ0) is 54.6. The number of carbonyl (C=O) groups excluding carboxylic acids is 2. The van der Waals surface area contributed by atoms with E-state index < -0.39 is 43.4 Å². The van der Waals surface area contributed by atoms with Gasteiger partial charge in [0.2, 0.25) is 8.32 Å². The van der Waals surface area contributed by atoms with Crippen LogP contribution < -0.4 is 13.9 Å². The molecule has 74 heavy (non-hydrogen) atoms. The van der Waals surface area contributed by atoms with Crippen molar-refractivity contribution in [1.82, 2.24) is 24.1 Å². The second-order valence-electron chi connectivity index (χ2n) is 22.2. The summed E-state index contributed by atoms with van der Waals surface area (Å²) in [5.74, 6) is 1.94. The first kappa shape index (κ1) is 56.6. The molecule has 0 saturated heterocycles. The lowest BCUT2D eigenvalue weighted by atomic mass is 10.1. The number of benzene rings is 5.